The zero-order valence-corrected chi connectivity index (χ0v) is 10.0. The molecule has 1 aromatic heterocycles. The molecule has 0 aliphatic carbocycles. The Labute approximate surface area is 104 Å². The van der Waals surface area contributed by atoms with Crippen LogP contribution >= 0.6 is 11.3 Å². The lowest BCUT2D eigenvalue weighted by Crippen LogP contribution is -2.02. The van der Waals surface area contributed by atoms with Crippen LogP contribution in [0.1, 0.15) is 10.4 Å². The third kappa shape index (κ3) is 2.99. The van der Waals surface area contributed by atoms with Gasteiger partial charge in [0.25, 0.3) is 0 Å². The number of ether oxygens (including phenoxy) is 1. The number of anilines is 1. The van der Waals surface area contributed by atoms with Gasteiger partial charge in [-0.15, -0.1) is 11.3 Å². The van der Waals surface area contributed by atoms with Crippen LogP contribution in [-0.4, -0.2) is 6.61 Å². The number of nitrogen functional groups attached to an aromatic ring is 1. The number of nitrogens with two attached hydrogens (primary N) is 1. The second-order valence-electron chi connectivity index (χ2n) is 3.55. The van der Waals surface area contributed by atoms with E-state index >= 15 is 0 Å². The van der Waals surface area contributed by atoms with Crippen molar-refractivity contribution < 1.29 is 4.74 Å². The summed E-state index contributed by atoms with van der Waals surface area (Å²) in [7, 11) is 0. The highest BCUT2D eigenvalue weighted by Crippen LogP contribution is 2.20. The van der Waals surface area contributed by atoms with Crippen molar-refractivity contribution in [3.05, 3.63) is 46.2 Å². The molecule has 0 spiro atoms. The fourth-order valence-electron chi connectivity index (χ4n) is 1.48. The Kier molecular flexibility index (Phi) is 3.63. The molecule has 1 aromatic carbocycles. The zero-order valence-electron chi connectivity index (χ0n) is 9.22. The summed E-state index contributed by atoms with van der Waals surface area (Å²) in [4.78, 5) is 1.28. The molecule has 3 nitrogen and oxygen atoms in total. The minimum atomic E-state index is 0.483. The largest absolute Gasteiger partial charge is 0.492 e. The van der Waals surface area contributed by atoms with E-state index in [-0.39, 0.29) is 0 Å². The fraction of sp³-hybridized carbons (Fsp3) is 0.154. The molecule has 0 atom stereocenters. The molecule has 0 radical (unpaired) electrons. The predicted molar refractivity (Wildman–Crippen MR) is 69.1 cm³/mol. The highest BCUT2D eigenvalue weighted by Gasteiger charge is 2.03. The van der Waals surface area contributed by atoms with Gasteiger partial charge in [0.15, 0.2) is 0 Å². The van der Waals surface area contributed by atoms with E-state index in [0.29, 0.717) is 23.6 Å². The molecule has 2 N–H and O–H groups in total. The maximum atomic E-state index is 8.94. The van der Waals surface area contributed by atoms with Crippen molar-refractivity contribution in [1.82, 2.24) is 0 Å². The van der Waals surface area contributed by atoms with Crippen molar-refractivity contribution in [1.29, 1.82) is 5.26 Å². The number of rotatable bonds is 4. The van der Waals surface area contributed by atoms with E-state index in [4.69, 9.17) is 15.7 Å². The topological polar surface area (TPSA) is 59.0 Å². The number of nitrogens with zero attached hydrogens (tertiary/aromatic N) is 1. The van der Waals surface area contributed by atoms with Gasteiger partial charge in [-0.2, -0.15) is 5.26 Å². The molecule has 0 saturated carbocycles. The predicted octanol–water partition coefficient (Wildman–Crippen LogP) is 2.82. The van der Waals surface area contributed by atoms with Crippen molar-refractivity contribution in [2.45, 2.75) is 6.42 Å². The van der Waals surface area contributed by atoms with Gasteiger partial charge in [0.1, 0.15) is 11.8 Å². The zero-order chi connectivity index (χ0) is 12.1. The van der Waals surface area contributed by atoms with Crippen LogP contribution in [0.3, 0.4) is 0 Å². The molecule has 0 amide bonds. The Morgan fingerprint density at radius 3 is 2.94 bits per heavy atom. The molecule has 2 rings (SSSR count). The maximum Gasteiger partial charge on any atom is 0.137 e. The first-order chi connectivity index (χ1) is 8.29. The van der Waals surface area contributed by atoms with Gasteiger partial charge in [-0.3, -0.25) is 0 Å². The van der Waals surface area contributed by atoms with Crippen LogP contribution in [0.15, 0.2) is 35.7 Å². The SMILES string of the molecule is N#Cc1cc(N)ccc1OCCc1cccs1. The molecule has 2 aromatic rings. The van der Waals surface area contributed by atoms with Gasteiger partial charge in [0.05, 0.1) is 12.2 Å². The second-order valence-corrected chi connectivity index (χ2v) is 4.58. The minimum absolute atomic E-state index is 0.483. The van der Waals surface area contributed by atoms with E-state index in [1.165, 1.54) is 4.88 Å². The van der Waals surface area contributed by atoms with Gasteiger partial charge in [0.2, 0.25) is 0 Å². The average Bonchev–Trinajstić information content (AvgIpc) is 2.84. The molecular formula is C13H12N2OS. The Balaban J connectivity index is 1.97. The highest BCUT2D eigenvalue weighted by atomic mass is 32.1. The summed E-state index contributed by atoms with van der Waals surface area (Å²) in [6.45, 7) is 0.569. The summed E-state index contributed by atoms with van der Waals surface area (Å²) in [6.07, 6.45) is 0.854. The number of benzene rings is 1. The first kappa shape index (κ1) is 11.5. The van der Waals surface area contributed by atoms with E-state index < -0.39 is 0 Å². The van der Waals surface area contributed by atoms with E-state index in [9.17, 15) is 0 Å². The van der Waals surface area contributed by atoms with Gasteiger partial charge >= 0.3 is 0 Å². The first-order valence-electron chi connectivity index (χ1n) is 5.24. The van der Waals surface area contributed by atoms with Crippen LogP contribution in [0.5, 0.6) is 5.75 Å². The normalized spacial score (nSPS) is 9.82. The van der Waals surface area contributed by atoms with Crippen LogP contribution in [0.2, 0.25) is 0 Å². The average molecular weight is 244 g/mol. The molecule has 17 heavy (non-hydrogen) atoms. The molecule has 0 unspecified atom stereocenters. The monoisotopic (exact) mass is 244 g/mol. The van der Waals surface area contributed by atoms with E-state index in [0.717, 1.165) is 6.42 Å². The highest BCUT2D eigenvalue weighted by molar-refractivity contribution is 7.09. The first-order valence-corrected chi connectivity index (χ1v) is 6.12. The van der Waals surface area contributed by atoms with Crippen molar-refractivity contribution in [2.75, 3.05) is 12.3 Å². The van der Waals surface area contributed by atoms with Crippen LogP contribution in [0.4, 0.5) is 5.69 Å². The molecule has 4 heteroatoms. The standard InChI is InChI=1S/C13H12N2OS/c14-9-10-8-11(15)3-4-13(10)16-6-5-12-2-1-7-17-12/h1-4,7-8H,5-6,15H2. The summed E-state index contributed by atoms with van der Waals surface area (Å²) >= 11 is 1.71. The smallest absolute Gasteiger partial charge is 0.137 e. The summed E-state index contributed by atoms with van der Waals surface area (Å²) in [5, 5.41) is 11.0. The van der Waals surface area contributed by atoms with Gasteiger partial charge in [-0.05, 0) is 29.6 Å². The van der Waals surface area contributed by atoms with Crippen LogP contribution < -0.4 is 10.5 Å². The van der Waals surface area contributed by atoms with E-state index in [2.05, 4.69) is 12.1 Å². The Morgan fingerprint density at radius 2 is 2.24 bits per heavy atom. The van der Waals surface area contributed by atoms with Crippen molar-refractivity contribution in [3.63, 3.8) is 0 Å². The Morgan fingerprint density at radius 1 is 1.35 bits per heavy atom. The van der Waals surface area contributed by atoms with Crippen LogP contribution in [0, 0.1) is 11.3 Å². The molecule has 1 heterocycles. The van der Waals surface area contributed by atoms with E-state index in [1.807, 2.05) is 11.4 Å². The Bertz CT molecular complexity index is 529. The van der Waals surface area contributed by atoms with Crippen molar-refractivity contribution >= 4 is 17.0 Å². The quantitative estimate of drug-likeness (QED) is 0.841. The maximum absolute atomic E-state index is 8.94. The number of nitriles is 1. The lowest BCUT2D eigenvalue weighted by molar-refractivity contribution is 0.322. The van der Waals surface area contributed by atoms with Crippen LogP contribution in [0.25, 0.3) is 0 Å². The molecule has 0 bridgehead atoms. The summed E-state index contributed by atoms with van der Waals surface area (Å²) in [5.74, 6) is 0.596. The van der Waals surface area contributed by atoms with E-state index in [1.54, 1.807) is 29.5 Å². The third-order valence-electron chi connectivity index (χ3n) is 2.31. The fourth-order valence-corrected chi connectivity index (χ4v) is 2.17. The minimum Gasteiger partial charge on any atom is -0.492 e. The van der Waals surface area contributed by atoms with Crippen molar-refractivity contribution in [2.24, 2.45) is 0 Å². The number of hydrogen-bond donors (Lipinski definition) is 1. The molecule has 0 aliphatic heterocycles. The van der Waals surface area contributed by atoms with Crippen molar-refractivity contribution in [3.8, 4) is 11.8 Å². The lowest BCUT2D eigenvalue weighted by Gasteiger charge is -2.07. The number of thiophene rings is 1. The molecule has 0 fully saturated rings. The van der Waals surface area contributed by atoms with Gasteiger partial charge in [-0.25, -0.2) is 0 Å². The molecule has 0 aliphatic rings. The molecule has 0 saturated heterocycles. The lowest BCUT2D eigenvalue weighted by atomic mass is 10.2. The van der Waals surface area contributed by atoms with Gasteiger partial charge < -0.3 is 10.5 Å². The summed E-state index contributed by atoms with van der Waals surface area (Å²) < 4.78 is 5.58. The molecular weight excluding hydrogens is 232 g/mol. The van der Waals surface area contributed by atoms with Crippen LogP contribution in [-0.2, 0) is 6.42 Å². The molecule has 86 valence electrons. The summed E-state index contributed by atoms with van der Waals surface area (Å²) in [5.41, 5.74) is 6.66. The second kappa shape index (κ2) is 5.37. The third-order valence-corrected chi connectivity index (χ3v) is 3.25. The number of hydrogen-bond acceptors (Lipinski definition) is 4. The van der Waals surface area contributed by atoms with Gasteiger partial charge in [-0.1, -0.05) is 6.07 Å². The van der Waals surface area contributed by atoms with Gasteiger partial charge in [0, 0.05) is 17.0 Å². The summed E-state index contributed by atoms with van der Waals surface area (Å²) in [6, 6.07) is 11.3. The Hall–Kier alpha value is -1.99.